The van der Waals surface area contributed by atoms with E-state index in [4.69, 9.17) is 5.26 Å². The lowest BCUT2D eigenvalue weighted by atomic mass is 9.97. The summed E-state index contributed by atoms with van der Waals surface area (Å²) in [6, 6.07) is 0. The zero-order valence-corrected chi connectivity index (χ0v) is 9.05. The van der Waals surface area contributed by atoms with Crippen LogP contribution in [0.2, 0.25) is 0 Å². The number of nitrogens with zero attached hydrogens (tertiary/aromatic N) is 3. The standard InChI is InChI=1S/C9H18N4/c1-9(2,3)6-11-8(12-7-10)13(4)5/h6H2,1-5H3,(H,11,12). The molecule has 0 aromatic rings. The van der Waals surface area contributed by atoms with Crippen LogP contribution >= 0.6 is 0 Å². The molecule has 0 bridgehead atoms. The van der Waals surface area contributed by atoms with E-state index < -0.39 is 0 Å². The fraction of sp³-hybridized carbons (Fsp3) is 0.778. The molecule has 0 aliphatic heterocycles. The second-order valence-corrected chi connectivity index (χ2v) is 4.33. The van der Waals surface area contributed by atoms with E-state index >= 15 is 0 Å². The van der Waals surface area contributed by atoms with Crippen LogP contribution in [-0.4, -0.2) is 31.5 Å². The number of hydrogen-bond acceptors (Lipinski definition) is 2. The Labute approximate surface area is 80.3 Å². The lowest BCUT2D eigenvalue weighted by Gasteiger charge is -2.18. The van der Waals surface area contributed by atoms with Crippen LogP contribution in [0.15, 0.2) is 4.99 Å². The van der Waals surface area contributed by atoms with Gasteiger partial charge in [0.2, 0.25) is 5.96 Å². The maximum absolute atomic E-state index is 8.45. The first-order valence-corrected chi connectivity index (χ1v) is 4.24. The molecule has 0 aromatic carbocycles. The molecule has 74 valence electrons. The first kappa shape index (κ1) is 11.8. The molecule has 0 aliphatic carbocycles. The van der Waals surface area contributed by atoms with Crippen LogP contribution in [0.4, 0.5) is 0 Å². The fourth-order valence-electron chi connectivity index (χ4n) is 0.655. The van der Waals surface area contributed by atoms with Crippen molar-refractivity contribution in [2.24, 2.45) is 10.4 Å². The minimum Gasteiger partial charge on any atom is -0.348 e. The van der Waals surface area contributed by atoms with Crippen molar-refractivity contribution in [3.05, 3.63) is 0 Å². The molecule has 0 aromatic heterocycles. The summed E-state index contributed by atoms with van der Waals surface area (Å²) in [7, 11) is 3.71. The zero-order valence-electron chi connectivity index (χ0n) is 9.05. The first-order chi connectivity index (χ1) is 5.87. The third-order valence-electron chi connectivity index (χ3n) is 1.29. The Morgan fingerprint density at radius 2 is 2.00 bits per heavy atom. The molecule has 0 radical (unpaired) electrons. The molecule has 0 atom stereocenters. The number of nitrogens with one attached hydrogen (secondary N) is 1. The minimum atomic E-state index is 0.151. The molecular formula is C9H18N4. The Balaban J connectivity index is 4.30. The van der Waals surface area contributed by atoms with Crippen molar-refractivity contribution in [1.82, 2.24) is 10.2 Å². The van der Waals surface area contributed by atoms with Crippen LogP contribution in [0.1, 0.15) is 20.8 Å². The highest BCUT2D eigenvalue weighted by molar-refractivity contribution is 5.80. The second kappa shape index (κ2) is 4.70. The molecule has 0 saturated heterocycles. The van der Waals surface area contributed by atoms with E-state index in [1.165, 1.54) is 0 Å². The SMILES string of the molecule is CN(C)C(=NCC(C)(C)C)NC#N. The van der Waals surface area contributed by atoms with Gasteiger partial charge in [0.25, 0.3) is 0 Å². The third-order valence-corrected chi connectivity index (χ3v) is 1.29. The molecule has 0 unspecified atom stereocenters. The number of nitriles is 1. The van der Waals surface area contributed by atoms with E-state index in [2.05, 4.69) is 31.1 Å². The number of rotatable bonds is 1. The summed E-state index contributed by atoms with van der Waals surface area (Å²) in [6.07, 6.45) is 1.86. The van der Waals surface area contributed by atoms with Gasteiger partial charge in [-0.2, -0.15) is 5.26 Å². The Hall–Kier alpha value is -1.24. The van der Waals surface area contributed by atoms with E-state index in [-0.39, 0.29) is 5.41 Å². The summed E-state index contributed by atoms with van der Waals surface area (Å²) < 4.78 is 0. The number of aliphatic imine (C=N–C) groups is 1. The van der Waals surface area contributed by atoms with Gasteiger partial charge in [-0.25, -0.2) is 0 Å². The third kappa shape index (κ3) is 5.97. The van der Waals surface area contributed by atoms with E-state index in [9.17, 15) is 0 Å². The van der Waals surface area contributed by atoms with Gasteiger partial charge in [-0.15, -0.1) is 0 Å². The summed E-state index contributed by atoms with van der Waals surface area (Å²) in [5.74, 6) is 0.609. The van der Waals surface area contributed by atoms with Crippen LogP contribution in [0, 0.1) is 16.9 Å². The molecule has 4 nitrogen and oxygen atoms in total. The van der Waals surface area contributed by atoms with Gasteiger partial charge in [0, 0.05) is 20.6 Å². The summed E-state index contributed by atoms with van der Waals surface area (Å²) in [6.45, 7) is 7.03. The molecule has 4 heteroatoms. The molecule has 0 spiro atoms. The molecule has 13 heavy (non-hydrogen) atoms. The number of hydrogen-bond donors (Lipinski definition) is 1. The Bertz CT molecular complexity index is 217. The maximum atomic E-state index is 8.45. The van der Waals surface area contributed by atoms with Gasteiger partial charge in [0.1, 0.15) is 0 Å². The predicted octanol–water partition coefficient (Wildman–Crippen LogP) is 1.02. The van der Waals surface area contributed by atoms with Crippen molar-refractivity contribution in [1.29, 1.82) is 5.26 Å². The fourth-order valence-corrected chi connectivity index (χ4v) is 0.655. The average molecular weight is 182 g/mol. The van der Waals surface area contributed by atoms with E-state index in [1.54, 1.807) is 4.90 Å². The topological polar surface area (TPSA) is 51.4 Å². The van der Waals surface area contributed by atoms with Crippen molar-refractivity contribution in [2.45, 2.75) is 20.8 Å². The molecule has 1 N–H and O–H groups in total. The van der Waals surface area contributed by atoms with Crippen LogP contribution in [0.5, 0.6) is 0 Å². The summed E-state index contributed by atoms with van der Waals surface area (Å²) >= 11 is 0. The van der Waals surface area contributed by atoms with Crippen LogP contribution in [0.3, 0.4) is 0 Å². The van der Waals surface area contributed by atoms with Gasteiger partial charge in [-0.3, -0.25) is 10.3 Å². The molecule has 0 rings (SSSR count). The largest absolute Gasteiger partial charge is 0.348 e. The lowest BCUT2D eigenvalue weighted by molar-refractivity contribution is 0.425. The Kier molecular flexibility index (Phi) is 4.26. The molecule has 0 heterocycles. The Morgan fingerprint density at radius 3 is 2.31 bits per heavy atom. The van der Waals surface area contributed by atoms with Gasteiger partial charge < -0.3 is 4.90 Å². The van der Waals surface area contributed by atoms with Crippen LogP contribution in [-0.2, 0) is 0 Å². The predicted molar refractivity (Wildman–Crippen MR) is 54.2 cm³/mol. The van der Waals surface area contributed by atoms with Gasteiger partial charge in [0.05, 0.1) is 0 Å². The minimum absolute atomic E-state index is 0.151. The smallest absolute Gasteiger partial charge is 0.206 e. The normalized spacial score (nSPS) is 12.2. The van der Waals surface area contributed by atoms with Crippen LogP contribution in [0.25, 0.3) is 0 Å². The molecular weight excluding hydrogens is 164 g/mol. The second-order valence-electron chi connectivity index (χ2n) is 4.33. The van der Waals surface area contributed by atoms with E-state index in [1.807, 2.05) is 20.3 Å². The van der Waals surface area contributed by atoms with Crippen molar-refractivity contribution < 1.29 is 0 Å². The molecule has 0 aliphatic rings. The van der Waals surface area contributed by atoms with Crippen molar-refractivity contribution in [3.8, 4) is 6.19 Å². The zero-order chi connectivity index (χ0) is 10.5. The van der Waals surface area contributed by atoms with Gasteiger partial charge >= 0.3 is 0 Å². The van der Waals surface area contributed by atoms with E-state index in [0.29, 0.717) is 12.5 Å². The first-order valence-electron chi connectivity index (χ1n) is 4.24. The Morgan fingerprint density at radius 1 is 1.46 bits per heavy atom. The van der Waals surface area contributed by atoms with Crippen molar-refractivity contribution >= 4 is 5.96 Å². The molecule has 0 saturated carbocycles. The highest BCUT2D eigenvalue weighted by Crippen LogP contribution is 2.12. The average Bonchev–Trinajstić information content (AvgIpc) is 1.95. The van der Waals surface area contributed by atoms with Crippen LogP contribution < -0.4 is 5.32 Å². The summed E-state index contributed by atoms with van der Waals surface area (Å²) in [4.78, 5) is 6.08. The summed E-state index contributed by atoms with van der Waals surface area (Å²) in [5, 5.41) is 11.0. The monoisotopic (exact) mass is 182 g/mol. The van der Waals surface area contributed by atoms with Gasteiger partial charge in [0.15, 0.2) is 6.19 Å². The van der Waals surface area contributed by atoms with Crippen molar-refractivity contribution in [2.75, 3.05) is 20.6 Å². The van der Waals surface area contributed by atoms with Gasteiger partial charge in [-0.1, -0.05) is 20.8 Å². The van der Waals surface area contributed by atoms with E-state index in [0.717, 1.165) is 0 Å². The summed E-state index contributed by atoms with van der Waals surface area (Å²) in [5.41, 5.74) is 0.151. The quantitative estimate of drug-likeness (QED) is 0.285. The van der Waals surface area contributed by atoms with Crippen molar-refractivity contribution in [3.63, 3.8) is 0 Å². The molecule has 0 amide bonds. The molecule has 0 fully saturated rings. The highest BCUT2D eigenvalue weighted by atomic mass is 15.3. The lowest BCUT2D eigenvalue weighted by Crippen LogP contribution is -2.34. The highest BCUT2D eigenvalue weighted by Gasteiger charge is 2.10. The van der Waals surface area contributed by atoms with Gasteiger partial charge in [-0.05, 0) is 5.41 Å². The maximum Gasteiger partial charge on any atom is 0.206 e. The number of guanidine groups is 1.